The summed E-state index contributed by atoms with van der Waals surface area (Å²) in [6, 6.07) is 6.23. The Labute approximate surface area is 77.1 Å². The Bertz CT molecular complexity index is 277. The van der Waals surface area contributed by atoms with Gasteiger partial charge in [-0.05, 0) is 45.9 Å². The molecule has 64 valence electrons. The number of nitrogens with zero attached hydrogens (tertiary/aromatic N) is 1. The molecule has 1 rings (SSSR count). The van der Waals surface area contributed by atoms with Crippen LogP contribution in [-0.2, 0) is 0 Å². The van der Waals surface area contributed by atoms with Gasteiger partial charge in [-0.3, -0.25) is 4.84 Å². The molecule has 0 aliphatic rings. The molecule has 0 saturated heterocycles. The number of hydrogen-bond donors (Lipinski definition) is 0. The minimum atomic E-state index is -0.858. The average Bonchev–Trinajstić information content (AvgIpc) is 2.05. The maximum absolute atomic E-state index is 9.88. The fourth-order valence-electron chi connectivity index (χ4n) is 0.638. The summed E-state index contributed by atoms with van der Waals surface area (Å²) in [7, 11) is 6.47. The Kier molecular flexibility index (Phi) is 3.19. The molecular weight excluding hydrogens is 202 g/mol. The van der Waals surface area contributed by atoms with Gasteiger partial charge in [0.05, 0.1) is 0 Å². The molecule has 6 heteroatoms. The third-order valence-corrected chi connectivity index (χ3v) is 2.08. The van der Waals surface area contributed by atoms with E-state index < -0.39 is 5.09 Å². The van der Waals surface area contributed by atoms with Crippen LogP contribution in [0.2, 0.25) is 0 Å². The molecule has 0 spiro atoms. The number of halogens is 1. The zero-order valence-electron chi connectivity index (χ0n) is 5.77. The highest BCUT2D eigenvalue weighted by Gasteiger charge is 1.98. The van der Waals surface area contributed by atoms with E-state index in [4.69, 9.17) is 10.7 Å². The van der Waals surface area contributed by atoms with E-state index in [0.717, 1.165) is 15.9 Å². The first-order valence-electron chi connectivity index (χ1n) is 2.93. The molecule has 0 heterocycles. The van der Waals surface area contributed by atoms with Gasteiger partial charge in [0.15, 0.2) is 0 Å². The molecule has 12 heavy (non-hydrogen) atoms. The van der Waals surface area contributed by atoms with Gasteiger partial charge in [-0.15, -0.1) is 10.1 Å². The Hall–Kier alpha value is -0.940. The standard InChI is InChI=1S/C6H4ClNO3S/c7-12-6-3-1-5(2-4-6)11-8(9)10/h1-4H. The Morgan fingerprint density at radius 2 is 2.00 bits per heavy atom. The lowest BCUT2D eigenvalue weighted by Crippen LogP contribution is -2.02. The van der Waals surface area contributed by atoms with Crippen molar-refractivity contribution in [1.29, 1.82) is 0 Å². The summed E-state index contributed by atoms with van der Waals surface area (Å²) in [5.41, 5.74) is 0. The van der Waals surface area contributed by atoms with E-state index in [1.165, 1.54) is 12.1 Å². The minimum Gasteiger partial charge on any atom is -0.276 e. The van der Waals surface area contributed by atoms with E-state index in [1.54, 1.807) is 12.1 Å². The summed E-state index contributed by atoms with van der Waals surface area (Å²) in [5, 5.41) is 9.02. The summed E-state index contributed by atoms with van der Waals surface area (Å²) < 4.78 is 0. The second-order valence-electron chi connectivity index (χ2n) is 1.86. The predicted octanol–water partition coefficient (Wildman–Crippen LogP) is 2.50. The third kappa shape index (κ3) is 2.60. The fraction of sp³-hybridized carbons (Fsp3) is 0. The number of benzene rings is 1. The summed E-state index contributed by atoms with van der Waals surface area (Å²) in [5.74, 6) is 0.189. The minimum absolute atomic E-state index is 0.189. The van der Waals surface area contributed by atoms with E-state index >= 15 is 0 Å². The molecule has 0 unspecified atom stereocenters. The van der Waals surface area contributed by atoms with E-state index in [0.29, 0.717) is 0 Å². The molecule has 0 saturated carbocycles. The first-order valence-corrected chi connectivity index (χ1v) is 4.57. The quantitative estimate of drug-likeness (QED) is 0.562. The maximum Gasteiger partial charge on any atom is 0.299 e. The highest BCUT2D eigenvalue weighted by atomic mass is 35.7. The molecule has 1 aromatic carbocycles. The van der Waals surface area contributed by atoms with Crippen molar-refractivity contribution in [3.63, 3.8) is 0 Å². The highest BCUT2D eigenvalue weighted by Crippen LogP contribution is 2.23. The SMILES string of the molecule is O=[N+]([O-])Oc1ccc(SCl)cc1. The summed E-state index contributed by atoms with van der Waals surface area (Å²) in [4.78, 5) is 14.9. The molecule has 0 aromatic heterocycles. The van der Waals surface area contributed by atoms with Gasteiger partial charge in [0.25, 0.3) is 5.09 Å². The van der Waals surface area contributed by atoms with Crippen LogP contribution < -0.4 is 4.84 Å². The van der Waals surface area contributed by atoms with Gasteiger partial charge in [-0.25, -0.2) is 0 Å². The van der Waals surface area contributed by atoms with Gasteiger partial charge in [0.2, 0.25) is 0 Å². The van der Waals surface area contributed by atoms with Crippen LogP contribution in [0.1, 0.15) is 0 Å². The highest BCUT2D eigenvalue weighted by molar-refractivity contribution is 8.21. The first-order chi connectivity index (χ1) is 5.72. The van der Waals surface area contributed by atoms with Crippen LogP contribution >= 0.6 is 21.7 Å². The van der Waals surface area contributed by atoms with Crippen LogP contribution in [0.15, 0.2) is 29.2 Å². The lowest BCUT2D eigenvalue weighted by Gasteiger charge is -1.97. The van der Waals surface area contributed by atoms with Crippen LogP contribution in [0.3, 0.4) is 0 Å². The van der Waals surface area contributed by atoms with Crippen LogP contribution in [-0.4, -0.2) is 5.09 Å². The Morgan fingerprint density at radius 1 is 1.42 bits per heavy atom. The van der Waals surface area contributed by atoms with Crippen molar-refractivity contribution in [3.8, 4) is 5.75 Å². The van der Waals surface area contributed by atoms with Crippen LogP contribution in [0.4, 0.5) is 0 Å². The molecule has 0 aliphatic carbocycles. The van der Waals surface area contributed by atoms with Crippen LogP contribution in [0, 0.1) is 10.1 Å². The average molecular weight is 206 g/mol. The van der Waals surface area contributed by atoms with Crippen LogP contribution in [0.25, 0.3) is 0 Å². The molecule has 0 atom stereocenters. The fourth-order valence-corrected chi connectivity index (χ4v) is 1.19. The third-order valence-electron chi connectivity index (χ3n) is 1.09. The van der Waals surface area contributed by atoms with E-state index in [-0.39, 0.29) is 5.75 Å². The molecular formula is C6H4ClNO3S. The maximum atomic E-state index is 9.88. The lowest BCUT2D eigenvalue weighted by atomic mass is 10.3. The monoisotopic (exact) mass is 205 g/mol. The second kappa shape index (κ2) is 4.18. The summed E-state index contributed by atoms with van der Waals surface area (Å²) >= 11 is 0. The van der Waals surface area contributed by atoms with Crippen molar-refractivity contribution in [2.75, 3.05) is 0 Å². The number of hydrogen-bond acceptors (Lipinski definition) is 4. The zero-order chi connectivity index (χ0) is 8.97. The van der Waals surface area contributed by atoms with Crippen molar-refractivity contribution in [3.05, 3.63) is 34.4 Å². The molecule has 0 aliphatic heterocycles. The van der Waals surface area contributed by atoms with Gasteiger partial charge >= 0.3 is 0 Å². The molecule has 0 fully saturated rings. The smallest absolute Gasteiger partial charge is 0.276 e. The zero-order valence-corrected chi connectivity index (χ0v) is 7.34. The Balaban J connectivity index is 2.71. The normalized spacial score (nSPS) is 9.42. The Morgan fingerprint density at radius 3 is 2.42 bits per heavy atom. The van der Waals surface area contributed by atoms with Gasteiger partial charge < -0.3 is 0 Å². The molecule has 0 bridgehead atoms. The first kappa shape index (κ1) is 9.15. The van der Waals surface area contributed by atoms with Crippen molar-refractivity contribution >= 4 is 21.7 Å². The van der Waals surface area contributed by atoms with Crippen LogP contribution in [0.5, 0.6) is 5.75 Å². The van der Waals surface area contributed by atoms with E-state index in [2.05, 4.69) is 4.84 Å². The second-order valence-corrected chi connectivity index (χ2v) is 2.95. The van der Waals surface area contributed by atoms with Crippen molar-refractivity contribution in [2.45, 2.75) is 4.90 Å². The van der Waals surface area contributed by atoms with Crippen molar-refractivity contribution in [1.82, 2.24) is 0 Å². The molecule has 4 nitrogen and oxygen atoms in total. The molecule has 1 aromatic rings. The van der Waals surface area contributed by atoms with Gasteiger partial charge in [0.1, 0.15) is 5.75 Å². The van der Waals surface area contributed by atoms with Gasteiger partial charge in [-0.1, -0.05) is 0 Å². The van der Waals surface area contributed by atoms with Crippen molar-refractivity contribution in [2.24, 2.45) is 0 Å². The summed E-state index contributed by atoms with van der Waals surface area (Å²) in [6.07, 6.45) is 0. The molecule has 0 amide bonds. The number of rotatable bonds is 3. The predicted molar refractivity (Wildman–Crippen MR) is 45.8 cm³/mol. The van der Waals surface area contributed by atoms with Gasteiger partial charge in [-0.2, -0.15) is 0 Å². The molecule has 0 radical (unpaired) electrons. The topological polar surface area (TPSA) is 52.4 Å². The van der Waals surface area contributed by atoms with Crippen molar-refractivity contribution < 1.29 is 9.92 Å². The van der Waals surface area contributed by atoms with Gasteiger partial charge in [0, 0.05) is 4.90 Å². The van der Waals surface area contributed by atoms with E-state index in [1.807, 2.05) is 0 Å². The molecule has 0 N–H and O–H groups in total. The van der Waals surface area contributed by atoms with E-state index in [9.17, 15) is 10.1 Å². The largest absolute Gasteiger partial charge is 0.299 e. The lowest BCUT2D eigenvalue weighted by molar-refractivity contribution is -0.711. The summed E-state index contributed by atoms with van der Waals surface area (Å²) in [6.45, 7) is 0.